The number of hydrogen-bond acceptors (Lipinski definition) is 4. The second-order valence-corrected chi connectivity index (χ2v) is 7.46. The predicted octanol–water partition coefficient (Wildman–Crippen LogP) is 3.46. The molecule has 6 nitrogen and oxygen atoms in total. The molecule has 2 atom stereocenters. The van der Waals surface area contributed by atoms with E-state index in [1.165, 1.54) is 12.1 Å². The Balaban J connectivity index is 1.47. The number of nitrogens with zero attached hydrogens (tertiary/aromatic N) is 4. The highest BCUT2D eigenvalue weighted by atomic mass is 35.5. The van der Waals surface area contributed by atoms with Crippen LogP contribution in [0.15, 0.2) is 42.9 Å². The first-order valence-electron chi connectivity index (χ1n) is 9.13. The van der Waals surface area contributed by atoms with Gasteiger partial charge in [-0.1, -0.05) is 18.5 Å². The smallest absolute Gasteiger partial charge is 0.227 e. The number of aromatic nitrogens is 3. The van der Waals surface area contributed by atoms with Crippen LogP contribution in [-0.4, -0.2) is 45.3 Å². The molecule has 0 aliphatic carbocycles. The molecule has 0 spiro atoms. The normalized spacial score (nSPS) is 18.4. The number of benzene rings is 1. The minimum atomic E-state index is -0.336. The first kappa shape index (κ1) is 18.8. The number of carbonyl (C=O) groups is 1. The van der Waals surface area contributed by atoms with Crippen molar-refractivity contribution in [3.63, 3.8) is 0 Å². The lowest BCUT2D eigenvalue weighted by atomic mass is 10.1. The Hall–Kier alpha value is -2.51. The highest BCUT2D eigenvalue weighted by Gasteiger charge is 2.29. The maximum absolute atomic E-state index is 13.5. The van der Waals surface area contributed by atoms with Crippen molar-refractivity contribution < 1.29 is 13.9 Å². The molecule has 1 aliphatic rings. The fourth-order valence-corrected chi connectivity index (χ4v) is 3.60. The van der Waals surface area contributed by atoms with Crippen LogP contribution in [0, 0.1) is 11.7 Å². The molecule has 2 aromatic heterocycles. The highest BCUT2D eigenvalue weighted by molar-refractivity contribution is 6.30. The van der Waals surface area contributed by atoms with E-state index in [0.29, 0.717) is 37.0 Å². The van der Waals surface area contributed by atoms with Gasteiger partial charge in [-0.05, 0) is 29.7 Å². The summed E-state index contributed by atoms with van der Waals surface area (Å²) in [6, 6.07) is 6.41. The van der Waals surface area contributed by atoms with E-state index < -0.39 is 0 Å². The summed E-state index contributed by atoms with van der Waals surface area (Å²) in [7, 11) is 0. The topological polar surface area (TPSA) is 60.2 Å². The molecule has 3 heterocycles. The number of halogens is 2. The van der Waals surface area contributed by atoms with Crippen LogP contribution in [0.1, 0.15) is 18.7 Å². The van der Waals surface area contributed by atoms with Crippen molar-refractivity contribution in [1.82, 2.24) is 19.7 Å². The first-order valence-corrected chi connectivity index (χ1v) is 9.51. The van der Waals surface area contributed by atoms with E-state index in [9.17, 15) is 9.18 Å². The van der Waals surface area contributed by atoms with Gasteiger partial charge in [0, 0.05) is 24.3 Å². The number of ether oxygens (including phenoxy) is 1. The Morgan fingerprint density at radius 2 is 2.21 bits per heavy atom. The lowest BCUT2D eigenvalue weighted by Crippen LogP contribution is -2.45. The molecule has 1 saturated heterocycles. The molecule has 0 bridgehead atoms. The molecule has 0 radical (unpaired) electrons. The van der Waals surface area contributed by atoms with Gasteiger partial charge >= 0.3 is 0 Å². The van der Waals surface area contributed by atoms with Gasteiger partial charge in [-0.3, -0.25) is 14.5 Å². The van der Waals surface area contributed by atoms with Gasteiger partial charge in [0.1, 0.15) is 11.9 Å². The third-order valence-corrected chi connectivity index (χ3v) is 5.09. The minimum absolute atomic E-state index is 0.0340. The SMILES string of the molecule is C[C@H](Cn1cc(Cl)cn1)C(=O)N1CCO[C@H](c2cc3cc(F)ccc3cn2)C1. The van der Waals surface area contributed by atoms with E-state index >= 15 is 0 Å². The quantitative estimate of drug-likeness (QED) is 0.670. The van der Waals surface area contributed by atoms with E-state index in [0.717, 1.165) is 10.8 Å². The number of carbonyl (C=O) groups excluding carboxylic acids is 1. The zero-order chi connectivity index (χ0) is 19.7. The largest absolute Gasteiger partial charge is 0.368 e. The molecule has 0 N–H and O–H groups in total. The van der Waals surface area contributed by atoms with Crippen LogP contribution in [0.2, 0.25) is 5.02 Å². The molecule has 8 heteroatoms. The van der Waals surface area contributed by atoms with Gasteiger partial charge in [-0.25, -0.2) is 4.39 Å². The summed E-state index contributed by atoms with van der Waals surface area (Å²) in [5, 5.41) is 6.30. The van der Waals surface area contributed by atoms with Gasteiger partial charge in [0.15, 0.2) is 0 Å². The molecular formula is C20H20ClFN4O2. The molecular weight excluding hydrogens is 383 g/mol. The third kappa shape index (κ3) is 4.00. The van der Waals surface area contributed by atoms with E-state index in [4.69, 9.17) is 16.3 Å². The summed E-state index contributed by atoms with van der Waals surface area (Å²) < 4.78 is 21.0. The van der Waals surface area contributed by atoms with Gasteiger partial charge in [0.25, 0.3) is 0 Å². The molecule has 1 amide bonds. The third-order valence-electron chi connectivity index (χ3n) is 4.90. The Morgan fingerprint density at radius 3 is 3.00 bits per heavy atom. The van der Waals surface area contributed by atoms with E-state index in [1.807, 2.05) is 13.0 Å². The number of pyridine rings is 1. The number of morpholine rings is 1. The van der Waals surface area contributed by atoms with Crippen molar-refractivity contribution >= 4 is 28.3 Å². The van der Waals surface area contributed by atoms with Crippen LogP contribution in [0.4, 0.5) is 4.39 Å². The van der Waals surface area contributed by atoms with Gasteiger partial charge in [0.2, 0.25) is 5.91 Å². The monoisotopic (exact) mass is 402 g/mol. The van der Waals surface area contributed by atoms with Crippen molar-refractivity contribution in [2.45, 2.75) is 19.6 Å². The van der Waals surface area contributed by atoms with Gasteiger partial charge in [-0.2, -0.15) is 5.10 Å². The summed E-state index contributed by atoms with van der Waals surface area (Å²) in [4.78, 5) is 19.1. The average Bonchev–Trinajstić information content (AvgIpc) is 3.11. The Morgan fingerprint density at radius 1 is 1.36 bits per heavy atom. The van der Waals surface area contributed by atoms with Crippen molar-refractivity contribution in [1.29, 1.82) is 0 Å². The van der Waals surface area contributed by atoms with Gasteiger partial charge in [0.05, 0.1) is 42.5 Å². The summed E-state index contributed by atoms with van der Waals surface area (Å²) in [5.41, 5.74) is 0.696. The minimum Gasteiger partial charge on any atom is -0.368 e. The average molecular weight is 403 g/mol. The second-order valence-electron chi connectivity index (χ2n) is 7.03. The molecule has 28 heavy (non-hydrogen) atoms. The molecule has 0 saturated carbocycles. The summed E-state index contributed by atoms with van der Waals surface area (Å²) in [5.74, 6) is -0.501. The predicted molar refractivity (Wildman–Crippen MR) is 103 cm³/mol. The van der Waals surface area contributed by atoms with Crippen LogP contribution in [-0.2, 0) is 16.1 Å². The number of fused-ring (bicyclic) bond motifs is 1. The molecule has 1 aromatic carbocycles. The fourth-order valence-electron chi connectivity index (χ4n) is 3.44. The maximum Gasteiger partial charge on any atom is 0.227 e. The first-order chi connectivity index (χ1) is 13.5. The summed E-state index contributed by atoms with van der Waals surface area (Å²) >= 11 is 5.88. The molecule has 1 aliphatic heterocycles. The van der Waals surface area contributed by atoms with Gasteiger partial charge < -0.3 is 9.64 Å². The highest BCUT2D eigenvalue weighted by Crippen LogP contribution is 2.25. The van der Waals surface area contributed by atoms with Crippen molar-refractivity contribution in [2.24, 2.45) is 5.92 Å². The van der Waals surface area contributed by atoms with Crippen molar-refractivity contribution in [3.05, 3.63) is 59.4 Å². The summed E-state index contributed by atoms with van der Waals surface area (Å²) in [6.07, 6.45) is 4.62. The lowest BCUT2D eigenvalue weighted by molar-refractivity contribution is -0.143. The standard InChI is InChI=1S/C20H20ClFN4O2/c1-13(10-26-11-16(21)9-24-26)20(27)25-4-5-28-19(12-25)18-7-15-6-17(22)3-2-14(15)8-23-18/h2-3,6-9,11,13,19H,4-5,10,12H2,1H3/t13-,19+/m1/s1. The molecule has 146 valence electrons. The van der Waals surface area contributed by atoms with Crippen LogP contribution >= 0.6 is 11.6 Å². The molecule has 3 aromatic rings. The summed E-state index contributed by atoms with van der Waals surface area (Å²) in [6.45, 7) is 3.71. The van der Waals surface area contributed by atoms with E-state index in [-0.39, 0.29) is 23.7 Å². The number of amides is 1. The Bertz CT molecular complexity index is 1010. The van der Waals surface area contributed by atoms with Crippen molar-refractivity contribution in [2.75, 3.05) is 19.7 Å². The molecule has 1 fully saturated rings. The molecule has 0 unspecified atom stereocenters. The van der Waals surface area contributed by atoms with Crippen LogP contribution < -0.4 is 0 Å². The molecule has 4 rings (SSSR count). The van der Waals surface area contributed by atoms with Crippen LogP contribution in [0.5, 0.6) is 0 Å². The Kier molecular flexibility index (Phi) is 5.28. The van der Waals surface area contributed by atoms with E-state index in [2.05, 4.69) is 10.1 Å². The Labute approximate surface area is 166 Å². The van der Waals surface area contributed by atoms with Crippen LogP contribution in [0.25, 0.3) is 10.8 Å². The lowest BCUT2D eigenvalue weighted by Gasteiger charge is -2.34. The number of hydrogen-bond donors (Lipinski definition) is 0. The fraction of sp³-hybridized carbons (Fsp3) is 0.350. The van der Waals surface area contributed by atoms with Crippen molar-refractivity contribution in [3.8, 4) is 0 Å². The van der Waals surface area contributed by atoms with Crippen LogP contribution in [0.3, 0.4) is 0 Å². The zero-order valence-corrected chi connectivity index (χ0v) is 16.1. The zero-order valence-electron chi connectivity index (χ0n) is 15.4. The van der Waals surface area contributed by atoms with E-state index in [1.54, 1.807) is 34.2 Å². The number of rotatable bonds is 4. The van der Waals surface area contributed by atoms with Gasteiger partial charge in [-0.15, -0.1) is 0 Å². The maximum atomic E-state index is 13.5. The second kappa shape index (κ2) is 7.85.